The van der Waals surface area contributed by atoms with Gasteiger partial charge in [0.2, 0.25) is 0 Å². The van der Waals surface area contributed by atoms with E-state index in [9.17, 15) is 0 Å². The third kappa shape index (κ3) is 5.00. The van der Waals surface area contributed by atoms with Gasteiger partial charge in [0.1, 0.15) is 30.1 Å². The van der Waals surface area contributed by atoms with Gasteiger partial charge in [-0.1, -0.05) is 128 Å². The summed E-state index contributed by atoms with van der Waals surface area (Å²) in [7, 11) is 0. The quantitative estimate of drug-likeness (QED) is 0.165. The minimum absolute atomic E-state index is 0.0355. The van der Waals surface area contributed by atoms with E-state index in [0.717, 1.165) is 0 Å². The van der Waals surface area contributed by atoms with Crippen molar-refractivity contribution in [3.05, 3.63) is 61.3 Å². The van der Waals surface area contributed by atoms with Crippen molar-refractivity contribution in [2.45, 2.75) is 0 Å². The maximum atomic E-state index is 6.47. The molecule has 0 aliphatic carbocycles. The molecule has 0 bridgehead atoms. The lowest BCUT2D eigenvalue weighted by molar-refractivity contribution is 0.462. The molecule has 0 aliphatic rings. The van der Waals surface area contributed by atoms with Gasteiger partial charge >= 0.3 is 0 Å². The van der Waals surface area contributed by atoms with E-state index in [1.807, 2.05) is 0 Å². The Bertz CT molecular complexity index is 1260. The van der Waals surface area contributed by atoms with E-state index in [2.05, 4.69) is 0 Å². The van der Waals surface area contributed by atoms with E-state index in [4.69, 9.17) is 149 Å². The van der Waals surface area contributed by atoms with Crippen molar-refractivity contribution in [3.8, 4) is 23.0 Å². The summed E-state index contributed by atoms with van der Waals surface area (Å²) >= 11 is 68.1. The second-order valence-electron chi connectivity index (χ2n) is 6.02. The molecule has 0 atom stereocenters. The fraction of sp³-hybridized carbons (Fsp3) is 0. The van der Waals surface area contributed by atoms with Crippen LogP contribution in [-0.4, -0.2) is 0 Å². The maximum Gasteiger partial charge on any atom is 0.170 e. The van der Waals surface area contributed by atoms with E-state index in [1.165, 1.54) is 6.07 Å². The summed E-state index contributed by atoms with van der Waals surface area (Å²) in [4.78, 5) is 0. The van der Waals surface area contributed by atoms with Crippen LogP contribution in [0.4, 0.5) is 11.4 Å². The molecule has 0 fully saturated rings. The fourth-order valence-corrected chi connectivity index (χ4v) is 4.97. The zero-order chi connectivity index (χ0) is 24.9. The summed E-state index contributed by atoms with van der Waals surface area (Å²) in [6.45, 7) is 0. The number of benzene rings is 3. The normalized spacial score (nSPS) is 11.1. The number of anilines is 2. The highest BCUT2D eigenvalue weighted by atomic mass is 35.5. The number of rotatable bonds is 4. The SMILES string of the molecule is Nc1c(Cl)c(Cl)c(Cl)c(Oc2cc(Cl)c(Cl)c(Oc3c(Cl)c(N)c(Cl)c(Cl)c3Cl)c2Cl)c1Cl. The molecule has 3 rings (SSSR count). The Morgan fingerprint density at radius 1 is 0.424 bits per heavy atom. The van der Waals surface area contributed by atoms with E-state index < -0.39 is 0 Å². The first kappa shape index (κ1) is 27.6. The van der Waals surface area contributed by atoms with Crippen LogP contribution in [-0.2, 0) is 0 Å². The monoisotopic (exact) mass is 666 g/mol. The van der Waals surface area contributed by atoms with Crippen LogP contribution < -0.4 is 20.9 Å². The van der Waals surface area contributed by atoms with Crippen molar-refractivity contribution in [2.75, 3.05) is 11.5 Å². The molecule has 0 amide bonds. The lowest BCUT2D eigenvalue weighted by atomic mass is 10.2. The van der Waals surface area contributed by atoms with Gasteiger partial charge in [-0.25, -0.2) is 0 Å². The number of hydrogen-bond acceptors (Lipinski definition) is 4. The highest BCUT2D eigenvalue weighted by Crippen LogP contribution is 2.55. The molecule has 0 saturated carbocycles. The number of halogens is 11. The predicted octanol–water partition coefficient (Wildman–Crippen LogP) is 11.6. The summed E-state index contributed by atoms with van der Waals surface area (Å²) in [6.07, 6.45) is 0. The summed E-state index contributed by atoms with van der Waals surface area (Å²) in [5.74, 6) is -0.631. The van der Waals surface area contributed by atoms with Gasteiger partial charge in [0.05, 0.1) is 36.5 Å². The van der Waals surface area contributed by atoms with Crippen LogP contribution in [0.5, 0.6) is 23.0 Å². The van der Waals surface area contributed by atoms with Gasteiger partial charge in [-0.15, -0.1) is 0 Å². The molecule has 3 aromatic rings. The largest absolute Gasteiger partial charge is 0.452 e. The Morgan fingerprint density at radius 3 is 1.27 bits per heavy atom. The third-order valence-electron chi connectivity index (χ3n) is 4.01. The Kier molecular flexibility index (Phi) is 8.86. The molecule has 0 unspecified atom stereocenters. The predicted molar refractivity (Wildman–Crippen MR) is 143 cm³/mol. The highest BCUT2D eigenvalue weighted by molar-refractivity contribution is 6.53. The molecular weight excluding hydrogens is 666 g/mol. The van der Waals surface area contributed by atoms with Crippen LogP contribution in [0.15, 0.2) is 6.07 Å². The minimum atomic E-state index is -0.206. The smallest absolute Gasteiger partial charge is 0.170 e. The van der Waals surface area contributed by atoms with Gasteiger partial charge in [-0.05, 0) is 0 Å². The second kappa shape index (κ2) is 10.6. The molecular formula is C18H5Cl11N2O2. The number of ether oxygens (including phenoxy) is 2. The number of hydrogen-bond donors (Lipinski definition) is 2. The standard InChI is InChI=1S/C18H5Cl11N2O2/c19-2-1-3(32-17-10(26)6(22)8(24)14(30)12(17)28)5(21)16(4(2)20)33-18-11(27)7(23)9(25)15(31)13(18)29/h1H,30-31H2. The summed E-state index contributed by atoms with van der Waals surface area (Å²) in [6, 6.07) is 1.27. The van der Waals surface area contributed by atoms with Gasteiger partial charge in [0, 0.05) is 6.07 Å². The maximum absolute atomic E-state index is 6.47. The van der Waals surface area contributed by atoms with Crippen molar-refractivity contribution in [3.63, 3.8) is 0 Å². The lowest BCUT2D eigenvalue weighted by Crippen LogP contribution is -1.98. The lowest BCUT2D eigenvalue weighted by Gasteiger charge is -2.19. The third-order valence-corrected chi connectivity index (χ3v) is 8.54. The molecule has 0 radical (unpaired) electrons. The summed E-state index contributed by atoms with van der Waals surface area (Å²) in [5.41, 5.74) is 11.5. The molecule has 0 spiro atoms. The van der Waals surface area contributed by atoms with Gasteiger partial charge in [-0.3, -0.25) is 0 Å². The number of nitrogens with two attached hydrogens (primary N) is 2. The first-order valence-electron chi connectivity index (χ1n) is 8.05. The van der Waals surface area contributed by atoms with Crippen LogP contribution in [0, 0.1) is 0 Å². The molecule has 0 aromatic heterocycles. The van der Waals surface area contributed by atoms with E-state index in [0.29, 0.717) is 0 Å². The Balaban J connectivity index is 2.18. The van der Waals surface area contributed by atoms with E-state index in [-0.39, 0.29) is 89.6 Å². The van der Waals surface area contributed by atoms with Crippen molar-refractivity contribution in [1.29, 1.82) is 0 Å². The zero-order valence-corrected chi connectivity index (χ0v) is 23.5. The first-order chi connectivity index (χ1) is 15.3. The molecule has 4 N–H and O–H groups in total. The molecule has 0 saturated heterocycles. The van der Waals surface area contributed by atoms with Crippen LogP contribution in [0.25, 0.3) is 0 Å². The second-order valence-corrected chi connectivity index (χ2v) is 10.2. The van der Waals surface area contributed by atoms with E-state index in [1.54, 1.807) is 0 Å². The minimum Gasteiger partial charge on any atom is -0.452 e. The van der Waals surface area contributed by atoms with Crippen molar-refractivity contribution in [2.24, 2.45) is 0 Å². The first-order valence-corrected chi connectivity index (χ1v) is 12.2. The van der Waals surface area contributed by atoms with Crippen LogP contribution in [0.3, 0.4) is 0 Å². The van der Waals surface area contributed by atoms with Crippen LogP contribution in [0.1, 0.15) is 0 Å². The number of nitrogen functional groups attached to an aromatic ring is 2. The Labute approximate surface area is 242 Å². The van der Waals surface area contributed by atoms with Crippen molar-refractivity contribution in [1.82, 2.24) is 0 Å². The molecule has 0 aliphatic heterocycles. The van der Waals surface area contributed by atoms with Crippen molar-refractivity contribution < 1.29 is 9.47 Å². The molecule has 0 heterocycles. The van der Waals surface area contributed by atoms with Gasteiger partial charge in [0.25, 0.3) is 0 Å². The highest BCUT2D eigenvalue weighted by Gasteiger charge is 2.27. The van der Waals surface area contributed by atoms with Crippen LogP contribution >= 0.6 is 128 Å². The topological polar surface area (TPSA) is 70.5 Å². The Morgan fingerprint density at radius 2 is 0.818 bits per heavy atom. The van der Waals surface area contributed by atoms with E-state index >= 15 is 0 Å². The van der Waals surface area contributed by atoms with Crippen LogP contribution in [0.2, 0.25) is 55.2 Å². The summed E-state index contributed by atoms with van der Waals surface area (Å²) < 4.78 is 11.5. The van der Waals surface area contributed by atoms with Gasteiger partial charge < -0.3 is 20.9 Å². The van der Waals surface area contributed by atoms with Gasteiger partial charge in [0.15, 0.2) is 23.0 Å². The Hall–Kier alpha value is 0.0500. The average Bonchev–Trinajstić information content (AvgIpc) is 2.79. The van der Waals surface area contributed by atoms with Gasteiger partial charge in [-0.2, -0.15) is 0 Å². The molecule has 3 aromatic carbocycles. The molecule has 4 nitrogen and oxygen atoms in total. The molecule has 176 valence electrons. The zero-order valence-electron chi connectivity index (χ0n) is 15.2. The van der Waals surface area contributed by atoms with Crippen molar-refractivity contribution >= 4 is 139 Å². The molecule has 33 heavy (non-hydrogen) atoms. The fourth-order valence-electron chi connectivity index (χ4n) is 2.37. The molecule has 15 heteroatoms. The average molecular weight is 671 g/mol. The summed E-state index contributed by atoms with van der Waals surface area (Å²) in [5, 5.41) is -1.19.